The van der Waals surface area contributed by atoms with Gasteiger partial charge < -0.3 is 19.6 Å². The maximum Gasteiger partial charge on any atom is 0.326 e. The summed E-state index contributed by atoms with van der Waals surface area (Å²) >= 11 is 4.23. The van der Waals surface area contributed by atoms with Gasteiger partial charge in [-0.15, -0.1) is 10.1 Å². The zero-order chi connectivity index (χ0) is 19.0. The Kier molecular flexibility index (Phi) is 7.94. The first-order valence-electron chi connectivity index (χ1n) is 7.84. The molecule has 1 N–H and O–H groups in total. The molecule has 1 rings (SSSR count). The number of unbranched alkanes of at least 4 members (excludes halogenated alkanes) is 1. The van der Waals surface area contributed by atoms with Crippen LogP contribution in [0.15, 0.2) is 0 Å². The van der Waals surface area contributed by atoms with Gasteiger partial charge in [-0.1, -0.05) is 0 Å². The molecule has 11 heteroatoms. The van der Waals surface area contributed by atoms with E-state index < -0.39 is 33.7 Å². The van der Waals surface area contributed by atoms with E-state index in [1.54, 1.807) is 0 Å². The fourth-order valence-electron chi connectivity index (χ4n) is 2.51. The fraction of sp³-hybridized carbons (Fsp3) is 0.786. The highest BCUT2D eigenvalue weighted by atomic mass is 32.1. The summed E-state index contributed by atoms with van der Waals surface area (Å²) in [6, 6.07) is -0.892. The fourth-order valence-corrected chi connectivity index (χ4v) is 2.77. The van der Waals surface area contributed by atoms with Gasteiger partial charge in [0.15, 0.2) is 0 Å². The molecule has 0 aromatic rings. The lowest BCUT2D eigenvalue weighted by atomic mass is 10.0. The van der Waals surface area contributed by atoms with Crippen LogP contribution in [0.25, 0.3) is 0 Å². The Balaban J connectivity index is 2.40. The molecule has 0 unspecified atom stereocenters. The Hall–Kier alpha value is -2.04. The van der Waals surface area contributed by atoms with Gasteiger partial charge in [-0.2, -0.15) is 12.6 Å². The van der Waals surface area contributed by atoms with Gasteiger partial charge in [0.1, 0.15) is 6.04 Å². The van der Waals surface area contributed by atoms with Crippen molar-refractivity contribution in [3.8, 4) is 0 Å². The van der Waals surface area contributed by atoms with E-state index >= 15 is 0 Å². The zero-order valence-corrected chi connectivity index (χ0v) is 14.8. The molecule has 0 bridgehead atoms. The second-order valence-corrected chi connectivity index (χ2v) is 6.92. The molecular formula is C14H22N2O8S. The summed E-state index contributed by atoms with van der Waals surface area (Å²) in [7, 11) is 0. The van der Waals surface area contributed by atoms with Gasteiger partial charge in [0.25, 0.3) is 5.09 Å². The SMILES string of the molecule is C[C@](S)(CC(=O)OCCCCO[N+](=O)[O-])C(=O)N1CCC[C@H]1C(=O)O. The van der Waals surface area contributed by atoms with Crippen molar-refractivity contribution in [3.63, 3.8) is 0 Å². The summed E-state index contributed by atoms with van der Waals surface area (Å²) in [6.07, 6.45) is 1.39. The van der Waals surface area contributed by atoms with Gasteiger partial charge in [0.2, 0.25) is 5.91 Å². The Morgan fingerprint density at radius 2 is 2.00 bits per heavy atom. The molecule has 10 nitrogen and oxygen atoms in total. The van der Waals surface area contributed by atoms with Crippen LogP contribution in [-0.4, -0.2) is 63.5 Å². The van der Waals surface area contributed by atoms with Crippen LogP contribution in [-0.2, 0) is 24.0 Å². The van der Waals surface area contributed by atoms with Crippen LogP contribution in [0.5, 0.6) is 0 Å². The quantitative estimate of drug-likeness (QED) is 0.186. The van der Waals surface area contributed by atoms with Crippen molar-refractivity contribution < 1.29 is 34.2 Å². The number of likely N-dealkylation sites (tertiary alicyclic amines) is 1. The predicted octanol–water partition coefficient (Wildman–Crippen LogP) is 0.672. The van der Waals surface area contributed by atoms with Crippen molar-refractivity contribution in [2.45, 2.75) is 49.8 Å². The van der Waals surface area contributed by atoms with Crippen molar-refractivity contribution >= 4 is 30.5 Å². The lowest BCUT2D eigenvalue weighted by molar-refractivity contribution is -0.757. The summed E-state index contributed by atoms with van der Waals surface area (Å²) in [5.41, 5.74) is 0. The number of carboxylic acid groups (broad SMARTS) is 1. The van der Waals surface area contributed by atoms with Gasteiger partial charge in [0.05, 0.1) is 24.4 Å². The van der Waals surface area contributed by atoms with Gasteiger partial charge in [-0.25, -0.2) is 4.79 Å². The smallest absolute Gasteiger partial charge is 0.326 e. The van der Waals surface area contributed by atoms with Crippen LogP contribution in [0.2, 0.25) is 0 Å². The molecule has 1 saturated heterocycles. The molecule has 1 aliphatic rings. The Bertz CT molecular complexity index is 525. The molecule has 0 saturated carbocycles. The monoisotopic (exact) mass is 378 g/mol. The highest BCUT2D eigenvalue weighted by Gasteiger charge is 2.42. The Morgan fingerprint density at radius 1 is 1.36 bits per heavy atom. The van der Waals surface area contributed by atoms with Crippen molar-refractivity contribution in [1.29, 1.82) is 0 Å². The number of rotatable bonds is 10. The minimum atomic E-state index is -1.37. The maximum atomic E-state index is 12.5. The van der Waals surface area contributed by atoms with E-state index in [0.29, 0.717) is 32.2 Å². The molecule has 0 aromatic carbocycles. The molecular weight excluding hydrogens is 356 g/mol. The molecule has 1 amide bonds. The number of aliphatic carboxylic acids is 1. The van der Waals surface area contributed by atoms with Crippen LogP contribution in [0, 0.1) is 10.1 Å². The zero-order valence-electron chi connectivity index (χ0n) is 13.9. The number of ether oxygens (including phenoxy) is 1. The summed E-state index contributed by atoms with van der Waals surface area (Å²) in [5.74, 6) is -2.24. The van der Waals surface area contributed by atoms with E-state index in [1.165, 1.54) is 11.8 Å². The third-order valence-corrected chi connectivity index (χ3v) is 4.10. The molecule has 1 aliphatic heterocycles. The van der Waals surface area contributed by atoms with Crippen molar-refractivity contribution in [2.75, 3.05) is 19.8 Å². The van der Waals surface area contributed by atoms with E-state index in [0.717, 1.165) is 0 Å². The number of hydrogen-bond donors (Lipinski definition) is 2. The largest absolute Gasteiger partial charge is 0.480 e. The number of carbonyl (C=O) groups excluding carboxylic acids is 2. The number of nitrogens with zero attached hydrogens (tertiary/aromatic N) is 2. The van der Waals surface area contributed by atoms with Crippen LogP contribution in [0.1, 0.15) is 39.0 Å². The van der Waals surface area contributed by atoms with Crippen LogP contribution in [0.4, 0.5) is 0 Å². The molecule has 2 atom stereocenters. The molecule has 0 spiro atoms. The van der Waals surface area contributed by atoms with Crippen LogP contribution >= 0.6 is 12.6 Å². The average molecular weight is 378 g/mol. The summed E-state index contributed by atoms with van der Waals surface area (Å²) in [6.45, 7) is 1.72. The molecule has 0 aliphatic carbocycles. The van der Waals surface area contributed by atoms with E-state index in [2.05, 4.69) is 17.5 Å². The minimum Gasteiger partial charge on any atom is -0.480 e. The predicted molar refractivity (Wildman–Crippen MR) is 87.5 cm³/mol. The highest BCUT2D eigenvalue weighted by molar-refractivity contribution is 7.82. The van der Waals surface area contributed by atoms with E-state index in [9.17, 15) is 24.5 Å². The maximum absolute atomic E-state index is 12.5. The van der Waals surface area contributed by atoms with Crippen LogP contribution in [0.3, 0.4) is 0 Å². The number of thiol groups is 1. The van der Waals surface area contributed by atoms with Gasteiger partial charge in [-0.3, -0.25) is 9.59 Å². The highest BCUT2D eigenvalue weighted by Crippen LogP contribution is 2.27. The van der Waals surface area contributed by atoms with E-state index in [-0.39, 0.29) is 19.6 Å². The number of carbonyl (C=O) groups is 3. The van der Waals surface area contributed by atoms with Crippen LogP contribution < -0.4 is 0 Å². The third kappa shape index (κ3) is 6.77. The normalized spacial score (nSPS) is 19.1. The topological polar surface area (TPSA) is 136 Å². The summed E-state index contributed by atoms with van der Waals surface area (Å²) in [5, 5.41) is 18.2. The molecule has 0 radical (unpaired) electrons. The number of esters is 1. The van der Waals surface area contributed by atoms with E-state index in [1.807, 2.05) is 0 Å². The van der Waals surface area contributed by atoms with Crippen molar-refractivity contribution in [2.24, 2.45) is 0 Å². The summed E-state index contributed by atoms with van der Waals surface area (Å²) in [4.78, 5) is 50.8. The lowest BCUT2D eigenvalue weighted by Gasteiger charge is -2.30. The van der Waals surface area contributed by atoms with Gasteiger partial charge in [-0.05, 0) is 32.6 Å². The number of hydrogen-bond acceptors (Lipinski definition) is 8. The summed E-state index contributed by atoms with van der Waals surface area (Å²) < 4.78 is 3.60. The Labute approximate surface area is 150 Å². The molecule has 0 aromatic heterocycles. The van der Waals surface area contributed by atoms with Gasteiger partial charge in [0, 0.05) is 6.54 Å². The van der Waals surface area contributed by atoms with E-state index in [4.69, 9.17) is 9.84 Å². The number of amides is 1. The lowest BCUT2D eigenvalue weighted by Crippen LogP contribution is -2.49. The first-order valence-corrected chi connectivity index (χ1v) is 8.29. The first-order chi connectivity index (χ1) is 11.6. The molecule has 1 heterocycles. The average Bonchev–Trinajstić information content (AvgIpc) is 2.98. The minimum absolute atomic E-state index is 0.0411. The third-order valence-electron chi connectivity index (χ3n) is 3.75. The number of carboxylic acids is 1. The van der Waals surface area contributed by atoms with Crippen molar-refractivity contribution in [1.82, 2.24) is 4.90 Å². The van der Waals surface area contributed by atoms with Crippen molar-refractivity contribution in [3.05, 3.63) is 10.1 Å². The van der Waals surface area contributed by atoms with Gasteiger partial charge >= 0.3 is 11.9 Å². The standard InChI is InChI=1S/C14H22N2O8S/c1-14(25,13(20)15-6-4-5-10(15)12(18)19)9-11(17)23-7-2-3-8-24-16(21)22/h10,25H,2-9H2,1H3,(H,18,19)/t10-,14-/m0/s1. The Morgan fingerprint density at radius 3 is 2.60 bits per heavy atom. The second-order valence-electron chi connectivity index (χ2n) is 5.93. The first kappa shape index (κ1) is 21.0. The molecule has 142 valence electrons. The second kappa shape index (κ2) is 9.44. The molecule has 25 heavy (non-hydrogen) atoms. The molecule has 1 fully saturated rings.